The number of hydrogen-bond acceptors (Lipinski definition) is 3. The van der Waals surface area contributed by atoms with E-state index in [0.717, 1.165) is 42.9 Å². The third kappa shape index (κ3) is 5.16. The van der Waals surface area contributed by atoms with Crippen molar-refractivity contribution in [1.29, 1.82) is 0 Å². The first-order chi connectivity index (χ1) is 13.1. The first kappa shape index (κ1) is 19.6. The average Bonchev–Trinajstić information content (AvgIpc) is 2.70. The fraction of sp³-hybridized carbons (Fsp3) is 0.409. The molecule has 0 spiro atoms. The summed E-state index contributed by atoms with van der Waals surface area (Å²) < 4.78 is 10.8. The SMILES string of the molecule is COc1ccc(C2CCC(CC(=O)Nc3ccc(Cl)cc3)CC2)c(OC)c1. The van der Waals surface area contributed by atoms with Crippen LogP contribution in [0.2, 0.25) is 5.02 Å². The van der Waals surface area contributed by atoms with E-state index in [2.05, 4.69) is 11.4 Å². The molecule has 27 heavy (non-hydrogen) atoms. The van der Waals surface area contributed by atoms with Crippen molar-refractivity contribution < 1.29 is 14.3 Å². The quantitative estimate of drug-likeness (QED) is 0.695. The van der Waals surface area contributed by atoms with Gasteiger partial charge in [0.15, 0.2) is 0 Å². The fourth-order valence-electron chi connectivity index (χ4n) is 3.84. The zero-order valence-electron chi connectivity index (χ0n) is 15.8. The zero-order chi connectivity index (χ0) is 19.2. The highest BCUT2D eigenvalue weighted by molar-refractivity contribution is 6.30. The highest BCUT2D eigenvalue weighted by Crippen LogP contribution is 2.41. The van der Waals surface area contributed by atoms with E-state index < -0.39 is 0 Å². The van der Waals surface area contributed by atoms with Crippen molar-refractivity contribution >= 4 is 23.2 Å². The third-order valence-corrected chi connectivity index (χ3v) is 5.58. The van der Waals surface area contributed by atoms with Crippen LogP contribution in [0.15, 0.2) is 42.5 Å². The monoisotopic (exact) mass is 387 g/mol. The summed E-state index contributed by atoms with van der Waals surface area (Å²) in [7, 11) is 3.36. The Labute approximate surface area is 165 Å². The van der Waals surface area contributed by atoms with E-state index >= 15 is 0 Å². The first-order valence-electron chi connectivity index (χ1n) is 9.36. The molecule has 0 aliphatic heterocycles. The summed E-state index contributed by atoms with van der Waals surface area (Å²) >= 11 is 5.88. The zero-order valence-corrected chi connectivity index (χ0v) is 16.6. The van der Waals surface area contributed by atoms with Gasteiger partial charge in [0, 0.05) is 23.2 Å². The van der Waals surface area contributed by atoms with Gasteiger partial charge in [0.2, 0.25) is 5.91 Å². The minimum Gasteiger partial charge on any atom is -0.497 e. The van der Waals surface area contributed by atoms with Crippen molar-refractivity contribution in [3.05, 3.63) is 53.1 Å². The summed E-state index contributed by atoms with van der Waals surface area (Å²) in [6, 6.07) is 13.3. The van der Waals surface area contributed by atoms with Crippen LogP contribution >= 0.6 is 11.6 Å². The van der Waals surface area contributed by atoms with E-state index in [4.69, 9.17) is 21.1 Å². The molecule has 5 heteroatoms. The largest absolute Gasteiger partial charge is 0.497 e. The molecule has 1 amide bonds. The Balaban J connectivity index is 1.53. The summed E-state index contributed by atoms with van der Waals surface area (Å²) in [6.07, 6.45) is 4.81. The lowest BCUT2D eigenvalue weighted by Gasteiger charge is -2.29. The van der Waals surface area contributed by atoms with Gasteiger partial charge >= 0.3 is 0 Å². The lowest BCUT2D eigenvalue weighted by atomic mass is 9.77. The van der Waals surface area contributed by atoms with E-state index in [1.165, 1.54) is 5.56 Å². The van der Waals surface area contributed by atoms with Crippen LogP contribution in [0, 0.1) is 5.92 Å². The second-order valence-corrected chi connectivity index (χ2v) is 7.52. The Morgan fingerprint density at radius 3 is 2.37 bits per heavy atom. The standard InChI is InChI=1S/C22H26ClNO3/c1-26-19-11-12-20(21(14-19)27-2)16-5-3-15(4-6-16)13-22(25)24-18-9-7-17(23)8-10-18/h7-12,14-16H,3-6,13H2,1-2H3,(H,24,25). The molecule has 144 valence electrons. The van der Waals surface area contributed by atoms with E-state index in [1.807, 2.05) is 24.3 Å². The molecule has 2 aromatic carbocycles. The Morgan fingerprint density at radius 2 is 1.74 bits per heavy atom. The summed E-state index contributed by atoms with van der Waals surface area (Å²) in [5.74, 6) is 2.67. The number of ether oxygens (including phenoxy) is 2. The van der Waals surface area contributed by atoms with E-state index in [1.54, 1.807) is 26.4 Å². The van der Waals surface area contributed by atoms with Gasteiger partial charge in [-0.3, -0.25) is 4.79 Å². The molecular weight excluding hydrogens is 362 g/mol. The minimum atomic E-state index is 0.0720. The smallest absolute Gasteiger partial charge is 0.224 e. The van der Waals surface area contributed by atoms with Crippen molar-refractivity contribution in [2.24, 2.45) is 5.92 Å². The van der Waals surface area contributed by atoms with Crippen LogP contribution in [0.5, 0.6) is 11.5 Å². The molecule has 0 aromatic heterocycles. The van der Waals surface area contributed by atoms with Crippen LogP contribution in [-0.2, 0) is 4.79 Å². The van der Waals surface area contributed by atoms with Gasteiger partial charge in [-0.05, 0) is 73.4 Å². The number of halogens is 1. The van der Waals surface area contributed by atoms with Crippen molar-refractivity contribution in [2.45, 2.75) is 38.0 Å². The van der Waals surface area contributed by atoms with Crippen molar-refractivity contribution in [1.82, 2.24) is 0 Å². The summed E-state index contributed by atoms with van der Waals surface area (Å²) in [4.78, 5) is 12.3. The Hall–Kier alpha value is -2.20. The Kier molecular flexibility index (Phi) is 6.62. The molecule has 1 aliphatic carbocycles. The van der Waals surface area contributed by atoms with Crippen LogP contribution in [-0.4, -0.2) is 20.1 Å². The summed E-state index contributed by atoms with van der Waals surface area (Å²) in [5, 5.41) is 3.63. The van der Waals surface area contributed by atoms with Crippen molar-refractivity contribution in [3.63, 3.8) is 0 Å². The van der Waals surface area contributed by atoms with Crippen molar-refractivity contribution in [3.8, 4) is 11.5 Å². The van der Waals surface area contributed by atoms with Gasteiger partial charge < -0.3 is 14.8 Å². The van der Waals surface area contributed by atoms with Gasteiger partial charge in [0.05, 0.1) is 14.2 Å². The molecule has 0 saturated heterocycles. The normalized spacial score (nSPS) is 19.4. The van der Waals surface area contributed by atoms with Gasteiger partial charge in [0.25, 0.3) is 0 Å². The third-order valence-electron chi connectivity index (χ3n) is 5.33. The highest BCUT2D eigenvalue weighted by Gasteiger charge is 2.26. The highest BCUT2D eigenvalue weighted by atomic mass is 35.5. The van der Waals surface area contributed by atoms with E-state index in [0.29, 0.717) is 23.3 Å². The lowest BCUT2D eigenvalue weighted by Crippen LogP contribution is -2.20. The molecule has 1 fully saturated rings. The summed E-state index contributed by atoms with van der Waals surface area (Å²) in [5.41, 5.74) is 2.03. The predicted octanol–water partition coefficient (Wildman–Crippen LogP) is 5.66. The number of methoxy groups -OCH3 is 2. The topological polar surface area (TPSA) is 47.6 Å². The maximum atomic E-state index is 12.3. The van der Waals surface area contributed by atoms with Crippen LogP contribution in [0.25, 0.3) is 0 Å². The second kappa shape index (κ2) is 9.14. The van der Waals surface area contributed by atoms with Gasteiger partial charge in [-0.25, -0.2) is 0 Å². The van der Waals surface area contributed by atoms with Crippen LogP contribution < -0.4 is 14.8 Å². The molecule has 0 atom stereocenters. The Morgan fingerprint density at radius 1 is 1.04 bits per heavy atom. The molecule has 0 bridgehead atoms. The maximum absolute atomic E-state index is 12.3. The number of nitrogens with one attached hydrogen (secondary N) is 1. The van der Waals surface area contributed by atoms with E-state index in [-0.39, 0.29) is 5.91 Å². The molecule has 1 saturated carbocycles. The Bertz CT molecular complexity index is 768. The van der Waals surface area contributed by atoms with Crippen molar-refractivity contribution in [2.75, 3.05) is 19.5 Å². The molecule has 0 heterocycles. The number of rotatable bonds is 6. The van der Waals surface area contributed by atoms with E-state index in [9.17, 15) is 4.79 Å². The van der Waals surface area contributed by atoms with Gasteiger partial charge in [-0.1, -0.05) is 17.7 Å². The number of hydrogen-bond donors (Lipinski definition) is 1. The van der Waals surface area contributed by atoms with Crippen LogP contribution in [0.3, 0.4) is 0 Å². The lowest BCUT2D eigenvalue weighted by molar-refractivity contribution is -0.117. The number of carbonyl (C=O) groups excluding carboxylic acids is 1. The maximum Gasteiger partial charge on any atom is 0.224 e. The minimum absolute atomic E-state index is 0.0720. The number of anilines is 1. The first-order valence-corrected chi connectivity index (χ1v) is 9.74. The van der Waals surface area contributed by atoms with Crippen LogP contribution in [0.4, 0.5) is 5.69 Å². The average molecular weight is 388 g/mol. The predicted molar refractivity (Wildman–Crippen MR) is 109 cm³/mol. The number of amides is 1. The fourth-order valence-corrected chi connectivity index (χ4v) is 3.97. The van der Waals surface area contributed by atoms with Gasteiger partial charge in [-0.15, -0.1) is 0 Å². The number of benzene rings is 2. The molecule has 0 unspecified atom stereocenters. The molecule has 1 N–H and O–H groups in total. The van der Waals surface area contributed by atoms with Crippen LogP contribution in [0.1, 0.15) is 43.6 Å². The molecule has 0 radical (unpaired) electrons. The molecular formula is C22H26ClNO3. The molecule has 1 aliphatic rings. The second-order valence-electron chi connectivity index (χ2n) is 7.08. The van der Waals surface area contributed by atoms with Gasteiger partial charge in [-0.2, -0.15) is 0 Å². The summed E-state index contributed by atoms with van der Waals surface area (Å²) in [6.45, 7) is 0. The molecule has 3 rings (SSSR count). The molecule has 4 nitrogen and oxygen atoms in total. The van der Waals surface area contributed by atoms with Gasteiger partial charge in [0.1, 0.15) is 11.5 Å². The molecule has 2 aromatic rings. The number of carbonyl (C=O) groups is 1.